The van der Waals surface area contributed by atoms with Crippen LogP contribution in [0.1, 0.15) is 23.4 Å². The van der Waals surface area contributed by atoms with Crippen LogP contribution in [0.2, 0.25) is 0 Å². The molecule has 0 bridgehead atoms. The van der Waals surface area contributed by atoms with E-state index in [1.807, 2.05) is 17.1 Å². The molecule has 104 valence electrons. The number of alkyl halides is 3. The van der Waals surface area contributed by atoms with Gasteiger partial charge in [0.15, 0.2) is 0 Å². The first kappa shape index (κ1) is 12.9. The highest BCUT2D eigenvalue weighted by Gasteiger charge is 2.35. The molecule has 0 unspecified atom stereocenters. The van der Waals surface area contributed by atoms with Gasteiger partial charge < -0.3 is 4.98 Å². The molecule has 6 heteroatoms. The monoisotopic (exact) mass is 280 g/mol. The first-order valence-electron chi connectivity index (χ1n) is 6.25. The highest BCUT2D eigenvalue weighted by atomic mass is 19.4. The lowest BCUT2D eigenvalue weighted by atomic mass is 10.0. The highest BCUT2D eigenvalue weighted by Crippen LogP contribution is 2.32. The van der Waals surface area contributed by atoms with Gasteiger partial charge >= 0.3 is 6.18 Å². The Morgan fingerprint density at radius 3 is 2.65 bits per heavy atom. The summed E-state index contributed by atoms with van der Waals surface area (Å²) in [5, 5.41) is 0. The Kier molecular flexibility index (Phi) is 2.88. The molecule has 3 rings (SSSR count). The predicted octanol–water partition coefficient (Wildman–Crippen LogP) is 2.94. The van der Waals surface area contributed by atoms with Gasteiger partial charge in [-0.15, -0.1) is 0 Å². The molecule has 2 aromatic rings. The second-order valence-corrected chi connectivity index (χ2v) is 4.75. The molecule has 0 saturated heterocycles. The van der Waals surface area contributed by atoms with Crippen LogP contribution in [0.25, 0.3) is 11.3 Å². The lowest BCUT2D eigenvalue weighted by molar-refractivity contribution is -0.145. The summed E-state index contributed by atoms with van der Waals surface area (Å²) in [5.74, 6) is -1.24. The molecular weight excluding hydrogens is 269 g/mol. The second kappa shape index (κ2) is 4.47. The maximum atomic E-state index is 12.8. The van der Waals surface area contributed by atoms with Crippen molar-refractivity contribution in [2.75, 3.05) is 0 Å². The normalized spacial score (nSPS) is 14.3. The largest absolute Gasteiger partial charge is 0.449 e. The van der Waals surface area contributed by atoms with Crippen molar-refractivity contribution in [3.8, 4) is 11.3 Å². The molecule has 1 aromatic carbocycles. The van der Waals surface area contributed by atoms with Crippen LogP contribution in [-0.2, 0) is 19.0 Å². The molecule has 0 saturated carbocycles. The minimum Gasteiger partial charge on any atom is -0.303 e. The Hall–Kier alpha value is -2.11. The van der Waals surface area contributed by atoms with Gasteiger partial charge in [0.25, 0.3) is 5.56 Å². The number of H-pyrrole nitrogens is 1. The van der Waals surface area contributed by atoms with Crippen LogP contribution < -0.4 is 5.56 Å². The summed E-state index contributed by atoms with van der Waals surface area (Å²) in [5.41, 5.74) is 1.35. The fraction of sp³-hybridized carbons (Fsp3) is 0.286. The molecule has 1 heterocycles. The molecule has 1 aliphatic rings. The van der Waals surface area contributed by atoms with E-state index < -0.39 is 17.6 Å². The predicted molar refractivity (Wildman–Crippen MR) is 67.3 cm³/mol. The number of benzene rings is 1. The number of aromatic amines is 1. The number of fused-ring (bicyclic) bond motifs is 3. The fourth-order valence-electron chi connectivity index (χ4n) is 2.51. The van der Waals surface area contributed by atoms with E-state index in [2.05, 4.69) is 4.98 Å². The molecular formula is C14H11F3N2O. The van der Waals surface area contributed by atoms with E-state index in [9.17, 15) is 18.0 Å². The third-order valence-electron chi connectivity index (χ3n) is 3.43. The lowest BCUT2D eigenvalue weighted by Crippen LogP contribution is -2.23. The number of rotatable bonds is 0. The number of hydrogen-bond acceptors (Lipinski definition) is 2. The van der Waals surface area contributed by atoms with Crippen LogP contribution in [0.15, 0.2) is 29.1 Å². The molecule has 0 atom stereocenters. The number of halogens is 3. The molecule has 0 aliphatic heterocycles. The molecule has 1 aromatic heterocycles. The van der Waals surface area contributed by atoms with E-state index in [1.165, 1.54) is 0 Å². The quantitative estimate of drug-likeness (QED) is 0.806. The molecule has 0 fully saturated rings. The van der Waals surface area contributed by atoms with Crippen molar-refractivity contribution in [1.82, 2.24) is 9.97 Å². The van der Waals surface area contributed by atoms with Gasteiger partial charge in [-0.1, -0.05) is 24.3 Å². The minimum atomic E-state index is -4.66. The summed E-state index contributed by atoms with van der Waals surface area (Å²) in [7, 11) is 0. The average molecular weight is 280 g/mol. The van der Waals surface area contributed by atoms with Crippen molar-refractivity contribution < 1.29 is 13.2 Å². The van der Waals surface area contributed by atoms with Crippen LogP contribution >= 0.6 is 0 Å². The first-order chi connectivity index (χ1) is 9.47. The second-order valence-electron chi connectivity index (χ2n) is 4.75. The molecule has 3 nitrogen and oxygen atoms in total. The van der Waals surface area contributed by atoms with E-state index in [-0.39, 0.29) is 5.69 Å². The van der Waals surface area contributed by atoms with E-state index in [0.717, 1.165) is 18.4 Å². The van der Waals surface area contributed by atoms with Crippen molar-refractivity contribution in [2.45, 2.75) is 25.4 Å². The molecule has 1 N–H and O–H groups in total. The number of nitrogens with zero attached hydrogens (tertiary/aromatic N) is 1. The van der Waals surface area contributed by atoms with Crippen LogP contribution in [0, 0.1) is 0 Å². The maximum absolute atomic E-state index is 12.8. The summed E-state index contributed by atoms with van der Waals surface area (Å²) >= 11 is 0. The number of nitrogens with one attached hydrogen (secondary N) is 1. The van der Waals surface area contributed by atoms with Gasteiger partial charge in [-0.3, -0.25) is 4.79 Å². The van der Waals surface area contributed by atoms with Gasteiger partial charge in [0.1, 0.15) is 0 Å². The standard InChI is InChI=1S/C14H11F3N2O/c15-14(16,17)13-18-11-9-6-2-1-4-8(9)5-3-7-10(11)12(20)19-13/h1-2,4,6H,3,5,7H2,(H,18,19,20). The molecule has 20 heavy (non-hydrogen) atoms. The summed E-state index contributed by atoms with van der Waals surface area (Å²) < 4.78 is 38.3. The number of aryl methyl sites for hydroxylation is 1. The maximum Gasteiger partial charge on any atom is 0.449 e. The van der Waals surface area contributed by atoms with Crippen LogP contribution in [0.5, 0.6) is 0 Å². The zero-order chi connectivity index (χ0) is 14.3. The highest BCUT2D eigenvalue weighted by molar-refractivity contribution is 5.67. The van der Waals surface area contributed by atoms with E-state index in [4.69, 9.17) is 0 Å². The molecule has 0 spiro atoms. The Labute approximate surface area is 112 Å². The van der Waals surface area contributed by atoms with Crippen molar-refractivity contribution in [3.05, 3.63) is 51.6 Å². The van der Waals surface area contributed by atoms with Gasteiger partial charge in [0.05, 0.1) is 5.69 Å². The van der Waals surface area contributed by atoms with E-state index >= 15 is 0 Å². The Balaban J connectivity index is 2.31. The summed E-state index contributed by atoms with van der Waals surface area (Å²) in [6.45, 7) is 0. The van der Waals surface area contributed by atoms with Crippen molar-refractivity contribution >= 4 is 0 Å². The third-order valence-corrected chi connectivity index (χ3v) is 3.43. The van der Waals surface area contributed by atoms with Crippen LogP contribution in [-0.4, -0.2) is 9.97 Å². The summed E-state index contributed by atoms with van der Waals surface area (Å²) in [6, 6.07) is 7.15. The lowest BCUT2D eigenvalue weighted by Gasteiger charge is -2.11. The minimum absolute atomic E-state index is 0.161. The van der Waals surface area contributed by atoms with E-state index in [1.54, 1.807) is 12.1 Å². The number of aromatic nitrogens is 2. The van der Waals surface area contributed by atoms with Gasteiger partial charge in [-0.2, -0.15) is 13.2 Å². The molecule has 1 aliphatic carbocycles. The zero-order valence-electron chi connectivity index (χ0n) is 10.4. The Morgan fingerprint density at radius 1 is 1.15 bits per heavy atom. The van der Waals surface area contributed by atoms with Gasteiger partial charge in [0.2, 0.25) is 5.82 Å². The third kappa shape index (κ3) is 2.11. The zero-order valence-corrected chi connectivity index (χ0v) is 10.4. The van der Waals surface area contributed by atoms with Gasteiger partial charge in [-0.25, -0.2) is 4.98 Å². The smallest absolute Gasteiger partial charge is 0.303 e. The average Bonchev–Trinajstić information content (AvgIpc) is 2.58. The number of hydrogen-bond donors (Lipinski definition) is 1. The van der Waals surface area contributed by atoms with Crippen LogP contribution in [0.3, 0.4) is 0 Å². The SMILES string of the molecule is O=c1[nH]c(C(F)(F)F)nc2c1CCCc1ccccc1-2. The van der Waals surface area contributed by atoms with Crippen molar-refractivity contribution in [1.29, 1.82) is 0 Å². The van der Waals surface area contributed by atoms with E-state index in [0.29, 0.717) is 17.5 Å². The Bertz CT molecular complexity index is 719. The topological polar surface area (TPSA) is 45.8 Å². The van der Waals surface area contributed by atoms with Crippen molar-refractivity contribution in [2.24, 2.45) is 0 Å². The Morgan fingerprint density at radius 2 is 1.90 bits per heavy atom. The fourth-order valence-corrected chi connectivity index (χ4v) is 2.51. The molecule has 0 radical (unpaired) electrons. The summed E-state index contributed by atoms with van der Waals surface area (Å²) in [6.07, 6.45) is -2.77. The van der Waals surface area contributed by atoms with Crippen LogP contribution in [0.4, 0.5) is 13.2 Å². The summed E-state index contributed by atoms with van der Waals surface area (Å²) in [4.78, 5) is 17.4. The molecule has 0 amide bonds. The van der Waals surface area contributed by atoms with Crippen molar-refractivity contribution in [3.63, 3.8) is 0 Å². The van der Waals surface area contributed by atoms with Gasteiger partial charge in [0, 0.05) is 11.1 Å². The van der Waals surface area contributed by atoms with Gasteiger partial charge in [-0.05, 0) is 24.8 Å². The first-order valence-corrected chi connectivity index (χ1v) is 6.25.